The maximum atomic E-state index is 13.4. The lowest BCUT2D eigenvalue weighted by atomic mass is 9.88. The highest BCUT2D eigenvalue weighted by atomic mass is 16.3. The number of carbonyl (C=O) groups excluding carboxylic acids is 2. The minimum Gasteiger partial charge on any atom is -0.449 e. The molecule has 0 unspecified atom stereocenters. The van der Waals surface area contributed by atoms with Gasteiger partial charge in [-0.25, -0.2) is 0 Å². The van der Waals surface area contributed by atoms with Crippen molar-refractivity contribution in [1.82, 2.24) is 0 Å². The van der Waals surface area contributed by atoms with Crippen molar-refractivity contribution in [1.29, 1.82) is 0 Å². The van der Waals surface area contributed by atoms with Gasteiger partial charge in [-0.2, -0.15) is 0 Å². The smallest absolute Gasteiger partial charge is 0.293 e. The van der Waals surface area contributed by atoms with Gasteiger partial charge in [0.15, 0.2) is 0 Å². The van der Waals surface area contributed by atoms with Crippen molar-refractivity contribution in [3.05, 3.63) is 131 Å². The average Bonchev–Trinajstić information content (AvgIpc) is 3.29. The predicted molar refractivity (Wildman–Crippen MR) is 148 cm³/mol. The van der Waals surface area contributed by atoms with Gasteiger partial charge < -0.3 is 15.1 Å². The van der Waals surface area contributed by atoms with E-state index in [1.807, 2.05) is 111 Å². The van der Waals surface area contributed by atoms with Crippen molar-refractivity contribution in [3.8, 4) is 0 Å². The van der Waals surface area contributed by atoms with Crippen LogP contribution in [0.2, 0.25) is 0 Å². The first kappa shape index (κ1) is 24.1. The van der Waals surface area contributed by atoms with E-state index in [9.17, 15) is 9.59 Å². The van der Waals surface area contributed by atoms with Gasteiger partial charge in [0.05, 0.1) is 0 Å². The molecule has 5 heteroatoms. The second-order valence-electron chi connectivity index (χ2n) is 9.18. The number of furan rings is 1. The fourth-order valence-electron chi connectivity index (χ4n) is 4.51. The highest BCUT2D eigenvalue weighted by molar-refractivity contribution is 6.14. The fourth-order valence-corrected chi connectivity index (χ4v) is 4.51. The molecule has 0 saturated heterocycles. The van der Waals surface area contributed by atoms with Gasteiger partial charge in [-0.1, -0.05) is 78.9 Å². The number of hydrogen-bond donors (Lipinski definition) is 2. The van der Waals surface area contributed by atoms with Crippen LogP contribution in [0.1, 0.15) is 45.1 Å². The Morgan fingerprint density at radius 1 is 0.730 bits per heavy atom. The monoisotopic (exact) mass is 488 g/mol. The number of benzene rings is 4. The lowest BCUT2D eigenvalue weighted by Gasteiger charge is -2.18. The zero-order valence-electron chi connectivity index (χ0n) is 20.8. The van der Waals surface area contributed by atoms with Crippen molar-refractivity contribution >= 4 is 34.2 Å². The largest absolute Gasteiger partial charge is 0.449 e. The maximum Gasteiger partial charge on any atom is 0.293 e. The van der Waals surface area contributed by atoms with Gasteiger partial charge in [0.1, 0.15) is 11.3 Å². The Morgan fingerprint density at radius 2 is 1.35 bits per heavy atom. The normalized spacial score (nSPS) is 11.0. The van der Waals surface area contributed by atoms with Gasteiger partial charge in [0.2, 0.25) is 11.7 Å². The summed E-state index contributed by atoms with van der Waals surface area (Å²) in [4.78, 5) is 26.7. The number of nitrogens with one attached hydrogen (secondary N) is 2. The summed E-state index contributed by atoms with van der Waals surface area (Å²) in [6.07, 6.45) is 0.214. The van der Waals surface area contributed by atoms with E-state index in [1.54, 1.807) is 6.07 Å². The van der Waals surface area contributed by atoms with Crippen LogP contribution in [0.4, 0.5) is 11.4 Å². The lowest BCUT2D eigenvalue weighted by Crippen LogP contribution is -2.19. The van der Waals surface area contributed by atoms with Crippen LogP contribution in [-0.4, -0.2) is 11.8 Å². The highest BCUT2D eigenvalue weighted by Gasteiger charge is 2.24. The van der Waals surface area contributed by atoms with E-state index >= 15 is 0 Å². The van der Waals surface area contributed by atoms with Gasteiger partial charge in [-0.15, -0.1) is 0 Å². The molecule has 5 aromatic rings. The number of fused-ring (bicyclic) bond motifs is 1. The van der Waals surface area contributed by atoms with Crippen LogP contribution in [0.15, 0.2) is 108 Å². The van der Waals surface area contributed by atoms with Gasteiger partial charge in [-0.05, 0) is 60.4 Å². The van der Waals surface area contributed by atoms with Crippen molar-refractivity contribution < 1.29 is 14.0 Å². The van der Waals surface area contributed by atoms with E-state index in [4.69, 9.17) is 4.42 Å². The molecule has 0 saturated carbocycles. The van der Waals surface area contributed by atoms with Crippen LogP contribution in [0.5, 0.6) is 0 Å². The molecule has 5 nitrogen and oxygen atoms in total. The van der Waals surface area contributed by atoms with Crippen molar-refractivity contribution in [2.75, 3.05) is 10.6 Å². The molecule has 37 heavy (non-hydrogen) atoms. The number of amides is 2. The molecule has 1 aromatic heterocycles. The van der Waals surface area contributed by atoms with E-state index in [2.05, 4.69) is 10.6 Å². The van der Waals surface area contributed by atoms with Crippen LogP contribution in [0, 0.1) is 13.8 Å². The van der Waals surface area contributed by atoms with Crippen LogP contribution < -0.4 is 10.6 Å². The standard InChI is InChI=1S/C32H28N2O3/c1-21-17-18-25(19-22(21)2)33-32(36)31-30(26-15-9-10-16-28(26)37-31)34-29(35)20-27(23-11-5-3-6-12-23)24-13-7-4-8-14-24/h3-19,27H,20H2,1-2H3,(H,33,36)(H,34,35). The molecule has 4 aromatic carbocycles. The number of anilines is 2. The molecule has 2 N–H and O–H groups in total. The molecule has 5 rings (SSSR count). The number of hydrogen-bond acceptors (Lipinski definition) is 3. The van der Waals surface area contributed by atoms with Gasteiger partial charge >= 0.3 is 0 Å². The van der Waals surface area contributed by atoms with Crippen LogP contribution in [-0.2, 0) is 4.79 Å². The molecule has 0 radical (unpaired) electrons. The molecule has 0 aliphatic rings. The molecule has 2 amide bonds. The number of para-hydroxylation sites is 1. The summed E-state index contributed by atoms with van der Waals surface area (Å²) in [6, 6.07) is 33.0. The quantitative estimate of drug-likeness (QED) is 0.250. The van der Waals surface area contributed by atoms with E-state index in [1.165, 1.54) is 0 Å². The molecule has 0 bridgehead atoms. The third kappa shape index (κ3) is 5.31. The molecular formula is C32H28N2O3. The first-order chi connectivity index (χ1) is 18.0. The van der Waals surface area contributed by atoms with Crippen LogP contribution >= 0.6 is 0 Å². The van der Waals surface area contributed by atoms with Crippen LogP contribution in [0.25, 0.3) is 11.0 Å². The molecule has 1 heterocycles. The number of aryl methyl sites for hydroxylation is 2. The van der Waals surface area contributed by atoms with Gasteiger partial charge in [-0.3, -0.25) is 9.59 Å². The summed E-state index contributed by atoms with van der Waals surface area (Å²) in [5.41, 5.74) is 5.89. The second kappa shape index (κ2) is 10.5. The van der Waals surface area contributed by atoms with E-state index in [0.29, 0.717) is 22.3 Å². The molecule has 0 atom stereocenters. The molecule has 0 aliphatic carbocycles. The maximum absolute atomic E-state index is 13.4. The Morgan fingerprint density at radius 3 is 2.00 bits per heavy atom. The zero-order chi connectivity index (χ0) is 25.8. The third-order valence-corrected chi connectivity index (χ3v) is 6.62. The molecule has 0 spiro atoms. The first-order valence-corrected chi connectivity index (χ1v) is 12.3. The Labute approximate surface area is 216 Å². The SMILES string of the molecule is Cc1ccc(NC(=O)c2oc3ccccc3c2NC(=O)CC(c2ccccc2)c2ccccc2)cc1C. The Balaban J connectivity index is 1.44. The zero-order valence-corrected chi connectivity index (χ0v) is 20.8. The minimum absolute atomic E-state index is 0.0729. The molecule has 0 fully saturated rings. The molecular weight excluding hydrogens is 460 g/mol. The Kier molecular flexibility index (Phi) is 6.86. The van der Waals surface area contributed by atoms with Crippen molar-refractivity contribution in [2.45, 2.75) is 26.2 Å². The fraction of sp³-hybridized carbons (Fsp3) is 0.125. The summed E-state index contributed by atoms with van der Waals surface area (Å²) in [5, 5.41) is 6.58. The summed E-state index contributed by atoms with van der Waals surface area (Å²) in [6.45, 7) is 4.01. The van der Waals surface area contributed by atoms with Gasteiger partial charge in [0, 0.05) is 23.4 Å². The summed E-state index contributed by atoms with van der Waals surface area (Å²) >= 11 is 0. The van der Waals surface area contributed by atoms with E-state index in [-0.39, 0.29) is 24.0 Å². The Bertz CT molecular complexity index is 1520. The van der Waals surface area contributed by atoms with Gasteiger partial charge in [0.25, 0.3) is 5.91 Å². The van der Waals surface area contributed by atoms with Crippen molar-refractivity contribution in [2.24, 2.45) is 0 Å². The highest BCUT2D eigenvalue weighted by Crippen LogP contribution is 2.33. The molecule has 184 valence electrons. The second-order valence-corrected chi connectivity index (χ2v) is 9.18. The van der Waals surface area contributed by atoms with E-state index < -0.39 is 5.91 Å². The van der Waals surface area contributed by atoms with Crippen molar-refractivity contribution in [3.63, 3.8) is 0 Å². The van der Waals surface area contributed by atoms with Crippen LogP contribution in [0.3, 0.4) is 0 Å². The summed E-state index contributed by atoms with van der Waals surface area (Å²) < 4.78 is 5.94. The Hall–Kier alpha value is -4.64. The average molecular weight is 489 g/mol. The third-order valence-electron chi connectivity index (χ3n) is 6.62. The minimum atomic E-state index is -0.419. The lowest BCUT2D eigenvalue weighted by molar-refractivity contribution is -0.116. The topological polar surface area (TPSA) is 71.3 Å². The van der Waals surface area contributed by atoms with E-state index in [0.717, 1.165) is 22.3 Å². The number of carbonyl (C=O) groups is 2. The summed E-state index contributed by atoms with van der Waals surface area (Å²) in [7, 11) is 0. The summed E-state index contributed by atoms with van der Waals surface area (Å²) in [5.74, 6) is -0.681. The first-order valence-electron chi connectivity index (χ1n) is 12.3. The predicted octanol–water partition coefficient (Wildman–Crippen LogP) is 7.46. The molecule has 0 aliphatic heterocycles. The number of rotatable bonds is 7.